The van der Waals surface area contributed by atoms with E-state index in [4.69, 9.17) is 9.47 Å². The second kappa shape index (κ2) is 11.7. The number of unbranched alkanes of at least 4 members (excludes halogenated alkanes) is 2. The molecule has 0 aliphatic carbocycles. The number of Topliss-reactive ketones (excluding diaryl/α,β-unsaturated/α-hetero) is 1. The second-order valence-electron chi connectivity index (χ2n) is 5.30. The molecular weight excluding hydrogens is 318 g/mol. The standard InChI is InChI=1S/C16H25NO3S2/c1-13(2)16(18)12-19-9-4-3-5-10-20-15-8-6-7-14(11-15)17-22-21/h6-8,11,13,17,21H,3-5,9-10,12H2,1-2H3. The SMILES string of the molecule is CC(C)C(=O)COCCCCCOc1cccc(NSS)c1. The summed E-state index contributed by atoms with van der Waals surface area (Å²) in [6, 6.07) is 7.80. The zero-order valence-corrected chi connectivity index (χ0v) is 14.9. The van der Waals surface area contributed by atoms with Crippen molar-refractivity contribution in [2.24, 2.45) is 5.92 Å². The predicted molar refractivity (Wildman–Crippen MR) is 96.7 cm³/mol. The third-order valence-electron chi connectivity index (χ3n) is 3.09. The summed E-state index contributed by atoms with van der Waals surface area (Å²) in [6.07, 6.45) is 2.95. The average molecular weight is 344 g/mol. The largest absolute Gasteiger partial charge is 0.494 e. The van der Waals surface area contributed by atoms with Crippen LogP contribution >= 0.6 is 22.6 Å². The van der Waals surface area contributed by atoms with Crippen LogP contribution in [0.2, 0.25) is 0 Å². The van der Waals surface area contributed by atoms with Crippen LogP contribution in [0.5, 0.6) is 5.75 Å². The van der Waals surface area contributed by atoms with Crippen molar-refractivity contribution in [2.45, 2.75) is 33.1 Å². The van der Waals surface area contributed by atoms with Crippen molar-refractivity contribution in [3.05, 3.63) is 24.3 Å². The Balaban J connectivity index is 2.04. The van der Waals surface area contributed by atoms with Gasteiger partial charge in [0.05, 0.1) is 6.61 Å². The normalized spacial score (nSPS) is 10.7. The van der Waals surface area contributed by atoms with Crippen LogP contribution in [-0.2, 0) is 9.53 Å². The topological polar surface area (TPSA) is 47.6 Å². The Hall–Kier alpha value is -0.850. The third-order valence-corrected chi connectivity index (χ3v) is 3.69. The maximum atomic E-state index is 11.4. The van der Waals surface area contributed by atoms with Crippen LogP contribution in [0.15, 0.2) is 24.3 Å². The van der Waals surface area contributed by atoms with Crippen molar-refractivity contribution in [3.8, 4) is 5.75 Å². The van der Waals surface area contributed by atoms with Gasteiger partial charge in [0, 0.05) is 35.3 Å². The van der Waals surface area contributed by atoms with Gasteiger partial charge in [-0.25, -0.2) is 0 Å². The van der Waals surface area contributed by atoms with E-state index in [-0.39, 0.29) is 18.3 Å². The number of hydrogen-bond donors (Lipinski definition) is 2. The quantitative estimate of drug-likeness (QED) is 0.255. The van der Waals surface area contributed by atoms with Crippen molar-refractivity contribution < 1.29 is 14.3 Å². The first kappa shape index (κ1) is 19.2. The average Bonchev–Trinajstić information content (AvgIpc) is 2.50. The van der Waals surface area contributed by atoms with Gasteiger partial charge in [0.25, 0.3) is 0 Å². The summed E-state index contributed by atoms with van der Waals surface area (Å²) in [6.45, 7) is 5.33. The number of carbonyl (C=O) groups is 1. The summed E-state index contributed by atoms with van der Waals surface area (Å²) in [5.74, 6) is 1.07. The van der Waals surface area contributed by atoms with Crippen molar-refractivity contribution in [3.63, 3.8) is 0 Å². The molecule has 0 unspecified atom stereocenters. The van der Waals surface area contributed by atoms with E-state index in [1.165, 1.54) is 11.0 Å². The maximum absolute atomic E-state index is 11.4. The minimum absolute atomic E-state index is 0.0552. The van der Waals surface area contributed by atoms with Gasteiger partial charge in [-0.3, -0.25) is 4.79 Å². The molecule has 0 atom stereocenters. The second-order valence-corrected chi connectivity index (χ2v) is 6.24. The number of nitrogens with one attached hydrogen (secondary N) is 1. The van der Waals surface area contributed by atoms with E-state index in [0.717, 1.165) is 30.7 Å². The monoisotopic (exact) mass is 343 g/mol. The van der Waals surface area contributed by atoms with Crippen LogP contribution in [0.4, 0.5) is 5.69 Å². The lowest BCUT2D eigenvalue weighted by Crippen LogP contribution is -2.15. The van der Waals surface area contributed by atoms with Crippen LogP contribution in [0, 0.1) is 5.92 Å². The molecule has 6 heteroatoms. The van der Waals surface area contributed by atoms with Gasteiger partial charge < -0.3 is 14.2 Å². The highest BCUT2D eigenvalue weighted by atomic mass is 33.1. The van der Waals surface area contributed by atoms with Gasteiger partial charge >= 0.3 is 0 Å². The zero-order valence-electron chi connectivity index (χ0n) is 13.2. The molecule has 0 radical (unpaired) electrons. The molecule has 0 heterocycles. The molecule has 1 aromatic rings. The number of thiol groups is 1. The molecule has 124 valence electrons. The van der Waals surface area contributed by atoms with Gasteiger partial charge in [0.2, 0.25) is 0 Å². The number of ketones is 1. The summed E-state index contributed by atoms with van der Waals surface area (Å²) in [7, 11) is 1.26. The smallest absolute Gasteiger partial charge is 0.160 e. The van der Waals surface area contributed by atoms with Crippen LogP contribution in [0.25, 0.3) is 0 Å². The highest BCUT2D eigenvalue weighted by molar-refractivity contribution is 8.69. The summed E-state index contributed by atoms with van der Waals surface area (Å²) in [5.41, 5.74) is 0.973. The van der Waals surface area contributed by atoms with E-state index in [0.29, 0.717) is 13.2 Å². The summed E-state index contributed by atoms with van der Waals surface area (Å²) >= 11 is 4.05. The lowest BCUT2D eigenvalue weighted by Gasteiger charge is -2.08. The Kier molecular flexibility index (Phi) is 10.2. The Morgan fingerprint density at radius 3 is 2.77 bits per heavy atom. The molecule has 0 aliphatic rings. The van der Waals surface area contributed by atoms with Gasteiger partial charge in [-0.2, -0.15) is 0 Å². The minimum Gasteiger partial charge on any atom is -0.494 e. The number of ether oxygens (including phenoxy) is 2. The van der Waals surface area contributed by atoms with Crippen molar-refractivity contribution in [1.29, 1.82) is 0 Å². The first-order chi connectivity index (χ1) is 10.6. The van der Waals surface area contributed by atoms with Crippen LogP contribution in [0.1, 0.15) is 33.1 Å². The lowest BCUT2D eigenvalue weighted by atomic mass is 10.1. The van der Waals surface area contributed by atoms with E-state index in [2.05, 4.69) is 16.4 Å². The molecule has 1 rings (SSSR count). The zero-order chi connectivity index (χ0) is 16.2. The number of carbonyl (C=O) groups excluding carboxylic acids is 1. The van der Waals surface area contributed by atoms with Gasteiger partial charge in [-0.1, -0.05) is 31.6 Å². The molecule has 0 fully saturated rings. The highest BCUT2D eigenvalue weighted by Crippen LogP contribution is 2.21. The molecule has 22 heavy (non-hydrogen) atoms. The first-order valence-electron chi connectivity index (χ1n) is 7.53. The number of rotatable bonds is 12. The van der Waals surface area contributed by atoms with E-state index in [9.17, 15) is 4.79 Å². The molecule has 0 spiro atoms. The van der Waals surface area contributed by atoms with E-state index in [1.807, 2.05) is 38.1 Å². The fraction of sp³-hybridized carbons (Fsp3) is 0.562. The van der Waals surface area contributed by atoms with Gasteiger partial charge in [-0.05, 0) is 31.4 Å². The Labute approximate surface area is 142 Å². The Morgan fingerprint density at radius 2 is 2.05 bits per heavy atom. The van der Waals surface area contributed by atoms with Crippen LogP contribution in [-0.4, -0.2) is 25.6 Å². The van der Waals surface area contributed by atoms with Gasteiger partial charge in [0.1, 0.15) is 12.4 Å². The first-order valence-corrected chi connectivity index (χ1v) is 9.40. The summed E-state index contributed by atoms with van der Waals surface area (Å²) < 4.78 is 14.1. The lowest BCUT2D eigenvalue weighted by molar-refractivity contribution is -0.126. The molecular formula is C16H25NO3S2. The molecule has 0 saturated heterocycles. The predicted octanol–water partition coefficient (Wildman–Crippen LogP) is 4.38. The molecule has 0 saturated carbocycles. The molecule has 0 amide bonds. The molecule has 0 aliphatic heterocycles. The fourth-order valence-electron chi connectivity index (χ4n) is 1.71. The molecule has 0 aromatic heterocycles. The molecule has 4 nitrogen and oxygen atoms in total. The minimum atomic E-state index is 0.0552. The highest BCUT2D eigenvalue weighted by Gasteiger charge is 2.06. The van der Waals surface area contributed by atoms with E-state index < -0.39 is 0 Å². The van der Waals surface area contributed by atoms with Gasteiger partial charge in [-0.15, -0.1) is 0 Å². The molecule has 1 aromatic carbocycles. The van der Waals surface area contributed by atoms with Crippen molar-refractivity contribution in [1.82, 2.24) is 0 Å². The van der Waals surface area contributed by atoms with Crippen molar-refractivity contribution in [2.75, 3.05) is 24.5 Å². The maximum Gasteiger partial charge on any atom is 0.160 e. The third kappa shape index (κ3) is 8.56. The van der Waals surface area contributed by atoms with Crippen LogP contribution < -0.4 is 9.46 Å². The number of anilines is 1. The van der Waals surface area contributed by atoms with Crippen molar-refractivity contribution >= 4 is 34.1 Å². The van der Waals surface area contributed by atoms with E-state index >= 15 is 0 Å². The van der Waals surface area contributed by atoms with Crippen LogP contribution in [0.3, 0.4) is 0 Å². The Morgan fingerprint density at radius 1 is 1.27 bits per heavy atom. The number of hydrogen-bond acceptors (Lipinski definition) is 6. The van der Waals surface area contributed by atoms with Gasteiger partial charge in [0.15, 0.2) is 5.78 Å². The summed E-state index contributed by atoms with van der Waals surface area (Å²) in [5, 5.41) is 0. The summed E-state index contributed by atoms with van der Waals surface area (Å²) in [4.78, 5) is 11.4. The molecule has 0 bridgehead atoms. The Bertz CT molecular complexity index is 441. The fourth-order valence-corrected chi connectivity index (χ4v) is 2.26. The molecule has 1 N–H and O–H groups in total. The number of benzene rings is 1. The van der Waals surface area contributed by atoms with E-state index in [1.54, 1.807) is 0 Å².